The van der Waals surface area contributed by atoms with Crippen molar-refractivity contribution < 1.29 is 4.74 Å². The second-order valence-corrected chi connectivity index (χ2v) is 4.56. The van der Waals surface area contributed by atoms with E-state index < -0.39 is 0 Å². The first-order valence-electron chi connectivity index (χ1n) is 5.68. The smallest absolute Gasteiger partial charge is 0.0594 e. The SMILES string of the molecule is CC1CCC(N2CCOCC2)CC1. The summed E-state index contributed by atoms with van der Waals surface area (Å²) in [5, 5.41) is 0. The molecule has 13 heavy (non-hydrogen) atoms. The van der Waals surface area contributed by atoms with Gasteiger partial charge in [-0.15, -0.1) is 0 Å². The van der Waals surface area contributed by atoms with E-state index in [1.807, 2.05) is 0 Å². The van der Waals surface area contributed by atoms with Crippen molar-refractivity contribution in [3.63, 3.8) is 0 Å². The third kappa shape index (κ3) is 2.44. The van der Waals surface area contributed by atoms with Gasteiger partial charge in [-0.05, 0) is 31.6 Å². The lowest BCUT2D eigenvalue weighted by Crippen LogP contribution is -2.44. The van der Waals surface area contributed by atoms with E-state index in [0.29, 0.717) is 0 Å². The Hall–Kier alpha value is -0.0800. The maximum absolute atomic E-state index is 5.37. The lowest BCUT2D eigenvalue weighted by molar-refractivity contribution is 0.00559. The van der Waals surface area contributed by atoms with Crippen molar-refractivity contribution in [3.8, 4) is 0 Å². The van der Waals surface area contributed by atoms with Crippen LogP contribution in [0.1, 0.15) is 32.6 Å². The molecule has 2 heteroatoms. The van der Waals surface area contributed by atoms with Crippen molar-refractivity contribution in [2.45, 2.75) is 38.6 Å². The van der Waals surface area contributed by atoms with E-state index in [2.05, 4.69) is 11.8 Å². The zero-order valence-corrected chi connectivity index (χ0v) is 8.67. The number of morpholine rings is 1. The predicted octanol–water partition coefficient (Wildman–Crippen LogP) is 1.90. The van der Waals surface area contributed by atoms with Crippen LogP contribution in [0.4, 0.5) is 0 Å². The summed E-state index contributed by atoms with van der Waals surface area (Å²) in [4.78, 5) is 2.63. The van der Waals surface area contributed by atoms with E-state index in [-0.39, 0.29) is 0 Å². The fraction of sp³-hybridized carbons (Fsp3) is 1.00. The third-order valence-electron chi connectivity index (χ3n) is 3.55. The molecule has 0 aromatic carbocycles. The molecule has 1 heterocycles. The van der Waals surface area contributed by atoms with E-state index >= 15 is 0 Å². The van der Waals surface area contributed by atoms with Crippen LogP contribution in [0.5, 0.6) is 0 Å². The zero-order valence-electron chi connectivity index (χ0n) is 8.67. The topological polar surface area (TPSA) is 12.5 Å². The summed E-state index contributed by atoms with van der Waals surface area (Å²) >= 11 is 0. The molecule has 0 unspecified atom stereocenters. The molecule has 0 radical (unpaired) electrons. The normalized spacial score (nSPS) is 37.6. The molecule has 1 aliphatic carbocycles. The standard InChI is InChI=1S/C11H21NO/c1-10-2-4-11(5-3-10)12-6-8-13-9-7-12/h10-11H,2-9H2,1H3. The van der Waals surface area contributed by atoms with Gasteiger partial charge < -0.3 is 4.74 Å². The molecular weight excluding hydrogens is 162 g/mol. The van der Waals surface area contributed by atoms with Crippen LogP contribution in [0.3, 0.4) is 0 Å². The second-order valence-electron chi connectivity index (χ2n) is 4.56. The summed E-state index contributed by atoms with van der Waals surface area (Å²) in [6, 6.07) is 0.875. The van der Waals surface area contributed by atoms with Crippen LogP contribution < -0.4 is 0 Å². The van der Waals surface area contributed by atoms with Crippen molar-refractivity contribution in [1.82, 2.24) is 4.90 Å². The fourth-order valence-electron chi connectivity index (χ4n) is 2.55. The van der Waals surface area contributed by atoms with Crippen LogP contribution in [-0.4, -0.2) is 37.2 Å². The molecular formula is C11H21NO. The maximum atomic E-state index is 5.37. The highest BCUT2D eigenvalue weighted by Gasteiger charge is 2.24. The van der Waals surface area contributed by atoms with Crippen molar-refractivity contribution >= 4 is 0 Å². The Morgan fingerprint density at radius 1 is 1.00 bits per heavy atom. The van der Waals surface area contributed by atoms with Gasteiger partial charge in [-0.25, -0.2) is 0 Å². The van der Waals surface area contributed by atoms with Gasteiger partial charge in [0.1, 0.15) is 0 Å². The lowest BCUT2D eigenvalue weighted by atomic mass is 9.86. The summed E-state index contributed by atoms with van der Waals surface area (Å²) in [5.41, 5.74) is 0. The Morgan fingerprint density at radius 2 is 1.62 bits per heavy atom. The summed E-state index contributed by atoms with van der Waals surface area (Å²) in [7, 11) is 0. The van der Waals surface area contributed by atoms with Crippen molar-refractivity contribution in [3.05, 3.63) is 0 Å². The largest absolute Gasteiger partial charge is 0.379 e. The van der Waals surface area contributed by atoms with Gasteiger partial charge >= 0.3 is 0 Å². The van der Waals surface area contributed by atoms with Gasteiger partial charge in [-0.3, -0.25) is 4.90 Å². The van der Waals surface area contributed by atoms with E-state index in [1.165, 1.54) is 38.8 Å². The number of rotatable bonds is 1. The van der Waals surface area contributed by atoms with E-state index in [9.17, 15) is 0 Å². The van der Waals surface area contributed by atoms with Gasteiger partial charge in [0.15, 0.2) is 0 Å². The third-order valence-corrected chi connectivity index (χ3v) is 3.55. The highest BCUT2D eigenvalue weighted by molar-refractivity contribution is 4.79. The minimum Gasteiger partial charge on any atom is -0.379 e. The zero-order chi connectivity index (χ0) is 9.10. The van der Waals surface area contributed by atoms with Gasteiger partial charge in [-0.2, -0.15) is 0 Å². The summed E-state index contributed by atoms with van der Waals surface area (Å²) in [6.45, 7) is 6.62. The van der Waals surface area contributed by atoms with E-state index in [0.717, 1.165) is 25.2 Å². The molecule has 0 N–H and O–H groups in total. The lowest BCUT2D eigenvalue weighted by Gasteiger charge is -2.38. The summed E-state index contributed by atoms with van der Waals surface area (Å²) in [5.74, 6) is 0.970. The molecule has 0 atom stereocenters. The Morgan fingerprint density at radius 3 is 2.23 bits per heavy atom. The van der Waals surface area contributed by atoms with Crippen molar-refractivity contribution in [1.29, 1.82) is 0 Å². The van der Waals surface area contributed by atoms with Crippen LogP contribution in [0.25, 0.3) is 0 Å². The molecule has 0 bridgehead atoms. The minimum atomic E-state index is 0.875. The van der Waals surface area contributed by atoms with Crippen LogP contribution in [-0.2, 0) is 4.74 Å². The van der Waals surface area contributed by atoms with Crippen molar-refractivity contribution in [2.24, 2.45) is 5.92 Å². The molecule has 0 aromatic rings. The molecule has 0 amide bonds. The Labute approximate surface area is 81.3 Å². The van der Waals surface area contributed by atoms with E-state index in [4.69, 9.17) is 4.74 Å². The number of hydrogen-bond donors (Lipinski definition) is 0. The first-order valence-corrected chi connectivity index (χ1v) is 5.68. The fourth-order valence-corrected chi connectivity index (χ4v) is 2.55. The molecule has 76 valence electrons. The molecule has 0 aromatic heterocycles. The number of ether oxygens (including phenoxy) is 1. The van der Waals surface area contributed by atoms with E-state index in [1.54, 1.807) is 0 Å². The molecule has 1 saturated carbocycles. The Balaban J connectivity index is 1.79. The van der Waals surface area contributed by atoms with Gasteiger partial charge in [0.05, 0.1) is 13.2 Å². The van der Waals surface area contributed by atoms with Gasteiger partial charge in [0.25, 0.3) is 0 Å². The Kier molecular flexibility index (Phi) is 3.23. The Bertz CT molecular complexity index is 146. The molecule has 1 saturated heterocycles. The van der Waals surface area contributed by atoms with Gasteiger partial charge in [-0.1, -0.05) is 6.92 Å². The second kappa shape index (κ2) is 4.43. The summed E-state index contributed by atoms with van der Waals surface area (Å²) in [6.07, 6.45) is 5.70. The molecule has 0 spiro atoms. The molecule has 2 aliphatic rings. The first-order chi connectivity index (χ1) is 6.36. The van der Waals surface area contributed by atoms with Crippen LogP contribution in [0, 0.1) is 5.92 Å². The highest BCUT2D eigenvalue weighted by atomic mass is 16.5. The average molecular weight is 183 g/mol. The average Bonchev–Trinajstić information content (AvgIpc) is 2.20. The molecule has 2 rings (SSSR count). The molecule has 1 aliphatic heterocycles. The summed E-state index contributed by atoms with van der Waals surface area (Å²) < 4.78 is 5.37. The van der Waals surface area contributed by atoms with Gasteiger partial charge in [0.2, 0.25) is 0 Å². The maximum Gasteiger partial charge on any atom is 0.0594 e. The monoisotopic (exact) mass is 183 g/mol. The van der Waals surface area contributed by atoms with Crippen molar-refractivity contribution in [2.75, 3.05) is 26.3 Å². The highest BCUT2D eigenvalue weighted by Crippen LogP contribution is 2.27. The number of hydrogen-bond acceptors (Lipinski definition) is 2. The predicted molar refractivity (Wildman–Crippen MR) is 53.8 cm³/mol. The van der Waals surface area contributed by atoms with Crippen LogP contribution in [0.15, 0.2) is 0 Å². The molecule has 2 nitrogen and oxygen atoms in total. The minimum absolute atomic E-state index is 0.875. The van der Waals surface area contributed by atoms with Crippen LogP contribution >= 0.6 is 0 Å². The van der Waals surface area contributed by atoms with Crippen LogP contribution in [0.2, 0.25) is 0 Å². The number of nitrogens with zero attached hydrogens (tertiary/aromatic N) is 1. The first kappa shape index (κ1) is 9.47. The molecule has 2 fully saturated rings. The van der Waals surface area contributed by atoms with Gasteiger partial charge in [0, 0.05) is 19.1 Å². The quantitative estimate of drug-likeness (QED) is 0.615.